The van der Waals surface area contributed by atoms with Crippen LogP contribution in [0.5, 0.6) is 0 Å². The molecule has 1 aliphatic rings. The van der Waals surface area contributed by atoms with Crippen molar-refractivity contribution >= 4 is 5.97 Å². The lowest BCUT2D eigenvalue weighted by Crippen LogP contribution is -2.56. The Morgan fingerprint density at radius 3 is 2.04 bits per heavy atom. The summed E-state index contributed by atoms with van der Waals surface area (Å²) in [5.74, 6) is -0.419. The number of carbonyl (C=O) groups excluding carboxylic acids is 1. The molecule has 1 aliphatic carbocycles. The van der Waals surface area contributed by atoms with Crippen LogP contribution in [0.15, 0.2) is 48.5 Å². The number of hydrogen-bond acceptors (Lipinski definition) is 2. The minimum atomic E-state index is -0.300. The molecular weight excluding hydrogens is 346 g/mol. The van der Waals surface area contributed by atoms with E-state index >= 15 is 0 Å². The Hall–Kier alpha value is -2.13. The maximum atomic E-state index is 13.1. The third-order valence-electron chi connectivity index (χ3n) is 6.67. The van der Waals surface area contributed by atoms with E-state index in [4.69, 9.17) is 4.74 Å². The average Bonchev–Trinajstić information content (AvgIpc) is 3.07. The zero-order valence-corrected chi connectivity index (χ0v) is 17.8. The molecule has 0 saturated carbocycles. The highest BCUT2D eigenvalue weighted by atomic mass is 16.5. The van der Waals surface area contributed by atoms with Crippen molar-refractivity contribution in [1.29, 1.82) is 0 Å². The number of ether oxygens (including phenoxy) is 1. The first kappa shape index (κ1) is 20.6. The lowest BCUT2D eigenvalue weighted by Gasteiger charge is -2.42. The highest BCUT2D eigenvalue weighted by Gasteiger charge is 2.35. The summed E-state index contributed by atoms with van der Waals surface area (Å²) < 4.78 is 6.91. The summed E-state index contributed by atoms with van der Waals surface area (Å²) in [6.07, 6.45) is 2.29. The number of rotatable bonds is 9. The van der Waals surface area contributed by atoms with Gasteiger partial charge in [-0.25, -0.2) is 0 Å². The van der Waals surface area contributed by atoms with Crippen molar-refractivity contribution in [2.75, 3.05) is 26.2 Å². The first-order chi connectivity index (χ1) is 13.6. The lowest BCUT2D eigenvalue weighted by molar-refractivity contribution is -0.948. The van der Waals surface area contributed by atoms with Crippen molar-refractivity contribution < 1.29 is 14.0 Å². The molecule has 28 heavy (non-hydrogen) atoms. The Morgan fingerprint density at radius 2 is 1.54 bits per heavy atom. The molecule has 2 aromatic rings. The minimum Gasteiger partial charge on any atom is -0.459 e. The van der Waals surface area contributed by atoms with Crippen LogP contribution in [0.1, 0.15) is 57.6 Å². The largest absolute Gasteiger partial charge is 0.459 e. The molecule has 150 valence electrons. The Bertz CT molecular complexity index is 770. The summed E-state index contributed by atoms with van der Waals surface area (Å²) in [6.45, 7) is 12.7. The molecule has 0 aromatic heterocycles. The fourth-order valence-corrected chi connectivity index (χ4v) is 4.83. The summed E-state index contributed by atoms with van der Waals surface area (Å²) in [5.41, 5.74) is 4.45. The molecular formula is C25H34NO2+. The van der Waals surface area contributed by atoms with Gasteiger partial charge in [0.1, 0.15) is 19.1 Å². The predicted molar refractivity (Wildman–Crippen MR) is 115 cm³/mol. The maximum absolute atomic E-state index is 13.1. The SMILES string of the molecule is CCC[N+](CC)(CCOC(=O)C1c2ccccc2-c2ccccc21)C(C)CC. The molecule has 2 aromatic carbocycles. The van der Waals surface area contributed by atoms with E-state index in [9.17, 15) is 4.79 Å². The Kier molecular flexibility index (Phi) is 6.56. The van der Waals surface area contributed by atoms with E-state index in [1.165, 1.54) is 0 Å². The van der Waals surface area contributed by atoms with Gasteiger partial charge in [0.15, 0.2) is 0 Å². The van der Waals surface area contributed by atoms with Gasteiger partial charge in [-0.1, -0.05) is 62.4 Å². The van der Waals surface area contributed by atoms with Crippen molar-refractivity contribution in [2.45, 2.75) is 52.5 Å². The Morgan fingerprint density at radius 1 is 0.964 bits per heavy atom. The molecule has 3 nitrogen and oxygen atoms in total. The predicted octanol–water partition coefficient (Wildman–Crippen LogP) is 5.39. The van der Waals surface area contributed by atoms with Gasteiger partial charge >= 0.3 is 5.97 Å². The van der Waals surface area contributed by atoms with Crippen molar-refractivity contribution in [3.05, 3.63) is 59.7 Å². The second-order valence-corrected chi connectivity index (χ2v) is 8.01. The van der Waals surface area contributed by atoms with E-state index in [1.807, 2.05) is 24.3 Å². The minimum absolute atomic E-state index is 0.118. The van der Waals surface area contributed by atoms with Gasteiger partial charge in [-0.3, -0.25) is 4.79 Å². The summed E-state index contributed by atoms with van der Waals surface area (Å²) in [4.78, 5) is 13.1. The normalized spacial score (nSPS) is 16.1. The fraction of sp³-hybridized carbons (Fsp3) is 0.480. The van der Waals surface area contributed by atoms with E-state index in [2.05, 4.69) is 52.0 Å². The molecule has 0 radical (unpaired) electrons. The molecule has 0 fully saturated rings. The maximum Gasteiger partial charge on any atom is 0.318 e. The van der Waals surface area contributed by atoms with E-state index < -0.39 is 0 Å². The van der Waals surface area contributed by atoms with Crippen LogP contribution < -0.4 is 0 Å². The molecule has 0 saturated heterocycles. The van der Waals surface area contributed by atoms with Crippen molar-refractivity contribution in [3.63, 3.8) is 0 Å². The number of quaternary nitrogens is 1. The van der Waals surface area contributed by atoms with E-state index in [0.29, 0.717) is 12.6 Å². The average molecular weight is 381 g/mol. The summed E-state index contributed by atoms with van der Waals surface area (Å²) in [6, 6.07) is 17.0. The van der Waals surface area contributed by atoms with Crippen LogP contribution in [0.2, 0.25) is 0 Å². The summed E-state index contributed by atoms with van der Waals surface area (Å²) in [7, 11) is 0. The zero-order valence-electron chi connectivity index (χ0n) is 17.8. The van der Waals surface area contributed by atoms with Crippen LogP contribution in [0.25, 0.3) is 11.1 Å². The van der Waals surface area contributed by atoms with Gasteiger partial charge in [-0.15, -0.1) is 0 Å². The third-order valence-corrected chi connectivity index (χ3v) is 6.67. The van der Waals surface area contributed by atoms with Crippen LogP contribution in [0.3, 0.4) is 0 Å². The number of benzene rings is 2. The van der Waals surface area contributed by atoms with Crippen molar-refractivity contribution in [1.82, 2.24) is 0 Å². The fourth-order valence-electron chi connectivity index (χ4n) is 4.83. The number of fused-ring (bicyclic) bond motifs is 3. The second kappa shape index (κ2) is 8.91. The first-order valence-corrected chi connectivity index (χ1v) is 10.8. The van der Waals surface area contributed by atoms with Gasteiger partial charge in [0.2, 0.25) is 0 Å². The van der Waals surface area contributed by atoms with Crippen molar-refractivity contribution in [3.8, 4) is 11.1 Å². The van der Waals surface area contributed by atoms with Crippen LogP contribution in [-0.4, -0.2) is 42.7 Å². The van der Waals surface area contributed by atoms with Gasteiger partial charge < -0.3 is 9.22 Å². The van der Waals surface area contributed by atoms with Crippen LogP contribution >= 0.6 is 0 Å². The third kappa shape index (κ3) is 3.73. The van der Waals surface area contributed by atoms with E-state index in [-0.39, 0.29) is 11.9 Å². The molecule has 0 amide bonds. The molecule has 0 N–H and O–H groups in total. The van der Waals surface area contributed by atoms with Gasteiger partial charge in [-0.2, -0.15) is 0 Å². The van der Waals surface area contributed by atoms with Gasteiger partial charge in [0, 0.05) is 0 Å². The van der Waals surface area contributed by atoms with Gasteiger partial charge in [0.25, 0.3) is 0 Å². The number of hydrogen-bond donors (Lipinski definition) is 0. The number of likely N-dealkylation sites (N-methyl/N-ethyl adjacent to an activating group) is 1. The van der Waals surface area contributed by atoms with Crippen molar-refractivity contribution in [2.24, 2.45) is 0 Å². The topological polar surface area (TPSA) is 26.3 Å². The standard InChI is InChI=1S/C25H34NO2/c1-5-16-26(7-3,19(4)6-2)17-18-28-25(27)24-22-14-10-8-12-20(22)21-13-9-11-15-23(21)24/h8-15,19,24H,5-7,16-18H2,1-4H3/q+1. The van der Waals surface area contributed by atoms with Gasteiger partial charge in [0.05, 0.1) is 19.1 Å². The quantitative estimate of drug-likeness (QED) is 0.431. The highest BCUT2D eigenvalue weighted by molar-refractivity contribution is 5.93. The van der Waals surface area contributed by atoms with Crippen LogP contribution in [0, 0.1) is 0 Å². The number of esters is 1. The molecule has 2 atom stereocenters. The molecule has 3 heteroatoms. The van der Waals surface area contributed by atoms with Crippen LogP contribution in [0.4, 0.5) is 0 Å². The molecule has 2 unspecified atom stereocenters. The Labute approximate surface area is 169 Å². The zero-order chi connectivity index (χ0) is 20.1. The molecule has 3 rings (SSSR count). The lowest BCUT2D eigenvalue weighted by atomic mass is 9.97. The van der Waals surface area contributed by atoms with Gasteiger partial charge in [-0.05, 0) is 48.9 Å². The number of nitrogens with zero attached hydrogens (tertiary/aromatic N) is 1. The summed E-state index contributed by atoms with van der Waals surface area (Å²) in [5, 5.41) is 0. The number of carbonyl (C=O) groups is 1. The van der Waals surface area contributed by atoms with Crippen LogP contribution in [-0.2, 0) is 9.53 Å². The molecule has 0 bridgehead atoms. The summed E-state index contributed by atoms with van der Waals surface area (Å²) >= 11 is 0. The van der Waals surface area contributed by atoms with E-state index in [1.54, 1.807) is 0 Å². The molecule has 0 heterocycles. The second-order valence-electron chi connectivity index (χ2n) is 8.01. The smallest absolute Gasteiger partial charge is 0.318 e. The van der Waals surface area contributed by atoms with E-state index in [0.717, 1.165) is 59.2 Å². The first-order valence-electron chi connectivity index (χ1n) is 10.8. The highest BCUT2D eigenvalue weighted by Crippen LogP contribution is 2.45. The Balaban J connectivity index is 1.75. The molecule has 0 aliphatic heterocycles. The monoisotopic (exact) mass is 380 g/mol. The molecule has 0 spiro atoms.